The fourth-order valence-electron chi connectivity index (χ4n) is 3.15. The van der Waals surface area contributed by atoms with Gasteiger partial charge < -0.3 is 0 Å². The van der Waals surface area contributed by atoms with Gasteiger partial charge in [-0.25, -0.2) is 8.42 Å². The third-order valence-corrected chi connectivity index (χ3v) is 6.35. The summed E-state index contributed by atoms with van der Waals surface area (Å²) in [6.07, 6.45) is 2.06. The van der Waals surface area contributed by atoms with E-state index < -0.39 is 10.0 Å². The molecule has 1 N–H and O–H groups in total. The molecule has 5 heteroatoms. The lowest BCUT2D eigenvalue weighted by molar-refractivity contribution is 0.601. The molecule has 1 aliphatic carbocycles. The molecular weight excluding hydrogens is 421 g/mol. The van der Waals surface area contributed by atoms with Crippen LogP contribution in [0.5, 0.6) is 0 Å². The molecule has 23 heavy (non-hydrogen) atoms. The predicted octanol–water partition coefficient (Wildman–Crippen LogP) is 4.34. The summed E-state index contributed by atoms with van der Waals surface area (Å²) in [5, 5.41) is 2.18. The molecule has 0 amide bonds. The van der Waals surface area contributed by atoms with Gasteiger partial charge in [-0.3, -0.25) is 4.72 Å². The van der Waals surface area contributed by atoms with E-state index in [1.54, 1.807) is 24.3 Å². The first-order chi connectivity index (χ1) is 11.0. The molecule has 116 valence electrons. The minimum atomic E-state index is -3.58. The van der Waals surface area contributed by atoms with Crippen molar-refractivity contribution in [1.82, 2.24) is 0 Å². The summed E-state index contributed by atoms with van der Waals surface area (Å²) in [4.78, 5) is 0.279. The van der Waals surface area contributed by atoms with E-state index in [1.807, 2.05) is 24.3 Å². The highest BCUT2D eigenvalue weighted by Crippen LogP contribution is 2.35. The highest BCUT2D eigenvalue weighted by Gasteiger charge is 2.19. The monoisotopic (exact) mass is 435 g/mol. The van der Waals surface area contributed by atoms with Crippen LogP contribution in [0, 0.1) is 3.57 Å². The van der Waals surface area contributed by atoms with Crippen LogP contribution in [-0.2, 0) is 22.9 Å². The van der Waals surface area contributed by atoms with Crippen LogP contribution in [0.3, 0.4) is 0 Å². The number of hydrogen-bond acceptors (Lipinski definition) is 2. The second kappa shape index (κ2) is 5.49. The smallest absolute Gasteiger partial charge is 0.261 e. The maximum atomic E-state index is 12.6. The van der Waals surface area contributed by atoms with Crippen molar-refractivity contribution in [3.63, 3.8) is 0 Å². The number of anilines is 1. The SMILES string of the molecule is O=S(=O)(Nc1ccc2c3c(cccc13)CC2)c1ccc(I)cc1. The molecule has 0 atom stereocenters. The largest absolute Gasteiger partial charge is 0.279 e. The Bertz CT molecular complexity index is 1000. The van der Waals surface area contributed by atoms with Crippen LogP contribution in [0.15, 0.2) is 59.5 Å². The summed E-state index contributed by atoms with van der Waals surface area (Å²) >= 11 is 2.16. The predicted molar refractivity (Wildman–Crippen MR) is 101 cm³/mol. The Morgan fingerprint density at radius 3 is 2.30 bits per heavy atom. The maximum absolute atomic E-state index is 12.6. The van der Waals surface area contributed by atoms with Crippen molar-refractivity contribution in [1.29, 1.82) is 0 Å². The molecule has 0 heterocycles. The van der Waals surface area contributed by atoms with Gasteiger partial charge in [0.1, 0.15) is 0 Å². The van der Waals surface area contributed by atoms with Gasteiger partial charge in [-0.1, -0.05) is 24.3 Å². The first kappa shape index (κ1) is 15.0. The zero-order valence-corrected chi connectivity index (χ0v) is 15.2. The van der Waals surface area contributed by atoms with Crippen molar-refractivity contribution in [2.45, 2.75) is 17.7 Å². The standard InChI is InChI=1S/C18H14INO2S/c19-14-7-9-15(10-8-14)23(21,22)20-17-11-6-13-5-4-12-2-1-3-16(17)18(12)13/h1-3,6-11,20H,4-5H2. The molecule has 0 spiro atoms. The van der Waals surface area contributed by atoms with E-state index in [0.29, 0.717) is 5.69 Å². The highest BCUT2D eigenvalue weighted by molar-refractivity contribution is 14.1. The molecule has 0 unspecified atom stereocenters. The number of benzene rings is 3. The molecule has 0 bridgehead atoms. The van der Waals surface area contributed by atoms with Crippen LogP contribution >= 0.6 is 22.6 Å². The summed E-state index contributed by atoms with van der Waals surface area (Å²) in [5.74, 6) is 0. The lowest BCUT2D eigenvalue weighted by atomic mass is 10.0. The Kier molecular flexibility index (Phi) is 3.57. The summed E-state index contributed by atoms with van der Waals surface area (Å²) in [6, 6.07) is 16.9. The Labute approximate surface area is 148 Å². The van der Waals surface area contributed by atoms with Crippen molar-refractivity contribution < 1.29 is 8.42 Å². The molecular formula is C18H14INO2S. The van der Waals surface area contributed by atoms with E-state index in [1.165, 1.54) is 16.5 Å². The van der Waals surface area contributed by atoms with Crippen LogP contribution in [-0.4, -0.2) is 8.42 Å². The van der Waals surface area contributed by atoms with Crippen molar-refractivity contribution in [2.75, 3.05) is 4.72 Å². The normalized spacial score (nSPS) is 13.4. The van der Waals surface area contributed by atoms with Gasteiger partial charge in [0, 0.05) is 8.96 Å². The van der Waals surface area contributed by atoms with E-state index in [0.717, 1.165) is 21.8 Å². The number of hydrogen-bond donors (Lipinski definition) is 1. The van der Waals surface area contributed by atoms with E-state index in [9.17, 15) is 8.42 Å². The second-order valence-corrected chi connectivity index (χ2v) is 8.60. The van der Waals surface area contributed by atoms with Crippen molar-refractivity contribution in [3.8, 4) is 0 Å². The molecule has 0 aliphatic heterocycles. The van der Waals surface area contributed by atoms with Gasteiger partial charge in [-0.2, -0.15) is 0 Å². The number of sulfonamides is 1. The molecule has 1 aliphatic rings. The van der Waals surface area contributed by atoms with E-state index in [-0.39, 0.29) is 4.90 Å². The third-order valence-electron chi connectivity index (χ3n) is 4.25. The maximum Gasteiger partial charge on any atom is 0.261 e. The molecule has 4 rings (SSSR count). The van der Waals surface area contributed by atoms with Crippen LogP contribution in [0.1, 0.15) is 11.1 Å². The highest BCUT2D eigenvalue weighted by atomic mass is 127. The summed E-state index contributed by atoms with van der Waals surface area (Å²) in [6.45, 7) is 0. The van der Waals surface area contributed by atoms with E-state index in [4.69, 9.17) is 0 Å². The molecule has 0 fully saturated rings. The molecule has 0 saturated carbocycles. The zero-order chi connectivity index (χ0) is 16.0. The van der Waals surface area contributed by atoms with Gasteiger partial charge in [-0.05, 0) is 82.3 Å². The summed E-state index contributed by atoms with van der Waals surface area (Å²) < 4.78 is 29.0. The topological polar surface area (TPSA) is 46.2 Å². The van der Waals surface area contributed by atoms with Crippen LogP contribution in [0.25, 0.3) is 10.8 Å². The molecule has 0 saturated heterocycles. The first-order valence-corrected chi connectivity index (χ1v) is 9.93. The lowest BCUT2D eigenvalue weighted by Crippen LogP contribution is -2.13. The Balaban J connectivity index is 1.81. The van der Waals surface area contributed by atoms with Gasteiger partial charge in [0.15, 0.2) is 0 Å². The van der Waals surface area contributed by atoms with Crippen LogP contribution < -0.4 is 4.72 Å². The van der Waals surface area contributed by atoms with Crippen LogP contribution in [0.2, 0.25) is 0 Å². The first-order valence-electron chi connectivity index (χ1n) is 7.36. The molecule has 3 nitrogen and oxygen atoms in total. The number of aryl methyl sites for hydroxylation is 2. The number of halogens is 1. The van der Waals surface area contributed by atoms with E-state index >= 15 is 0 Å². The minimum absolute atomic E-state index is 0.279. The molecule has 3 aromatic carbocycles. The molecule has 0 radical (unpaired) electrons. The van der Waals surface area contributed by atoms with Crippen LogP contribution in [0.4, 0.5) is 5.69 Å². The fraction of sp³-hybridized carbons (Fsp3) is 0.111. The van der Waals surface area contributed by atoms with Gasteiger partial charge >= 0.3 is 0 Å². The van der Waals surface area contributed by atoms with Gasteiger partial charge in [0.2, 0.25) is 0 Å². The van der Waals surface area contributed by atoms with Gasteiger partial charge in [0.25, 0.3) is 10.0 Å². The average Bonchev–Trinajstić information content (AvgIpc) is 2.95. The summed E-state index contributed by atoms with van der Waals surface area (Å²) in [7, 11) is -3.58. The number of rotatable bonds is 3. The van der Waals surface area contributed by atoms with Crippen molar-refractivity contribution in [3.05, 3.63) is 69.3 Å². The Morgan fingerprint density at radius 1 is 0.870 bits per heavy atom. The lowest BCUT2D eigenvalue weighted by Gasteiger charge is -2.12. The Hall–Kier alpha value is -1.60. The van der Waals surface area contributed by atoms with Gasteiger partial charge in [-0.15, -0.1) is 0 Å². The third kappa shape index (κ3) is 2.61. The van der Waals surface area contributed by atoms with Crippen molar-refractivity contribution >= 4 is 49.1 Å². The van der Waals surface area contributed by atoms with Gasteiger partial charge in [0.05, 0.1) is 10.6 Å². The quantitative estimate of drug-likeness (QED) is 0.623. The minimum Gasteiger partial charge on any atom is -0.279 e. The second-order valence-electron chi connectivity index (χ2n) is 5.67. The zero-order valence-electron chi connectivity index (χ0n) is 12.2. The van der Waals surface area contributed by atoms with E-state index in [2.05, 4.69) is 33.4 Å². The average molecular weight is 435 g/mol. The fourth-order valence-corrected chi connectivity index (χ4v) is 4.59. The molecule has 3 aromatic rings. The van der Waals surface area contributed by atoms with Crippen molar-refractivity contribution in [2.24, 2.45) is 0 Å². The molecule has 0 aromatic heterocycles. The summed E-state index contributed by atoms with van der Waals surface area (Å²) in [5.41, 5.74) is 3.24. The Morgan fingerprint density at radius 2 is 1.57 bits per heavy atom. The number of nitrogens with one attached hydrogen (secondary N) is 1.